The molecular weight excluding hydrogens is 250 g/mol. The lowest BCUT2D eigenvalue weighted by Gasteiger charge is -2.22. The normalized spacial score (nSPS) is 10.3. The maximum atomic E-state index is 4.43. The summed E-state index contributed by atoms with van der Waals surface area (Å²) in [6, 6.07) is 4.10. The van der Waals surface area contributed by atoms with Crippen molar-refractivity contribution < 1.29 is 0 Å². The largest absolute Gasteiger partial charge is 0.373 e. The van der Waals surface area contributed by atoms with Crippen LogP contribution in [0.4, 0.5) is 11.6 Å². The topological polar surface area (TPSA) is 53.9 Å². The van der Waals surface area contributed by atoms with Gasteiger partial charge in [0.1, 0.15) is 18.0 Å². The molecule has 2 rings (SSSR count). The van der Waals surface area contributed by atoms with Crippen molar-refractivity contribution in [1.29, 1.82) is 0 Å². The highest BCUT2D eigenvalue weighted by molar-refractivity contribution is 5.58. The van der Waals surface area contributed by atoms with E-state index in [1.54, 1.807) is 6.33 Å². The van der Waals surface area contributed by atoms with Crippen LogP contribution in [0.15, 0.2) is 30.9 Å². The van der Waals surface area contributed by atoms with Crippen molar-refractivity contribution in [3.63, 3.8) is 0 Å². The Labute approximate surface area is 120 Å². The molecule has 2 aromatic rings. The molecule has 5 heteroatoms. The van der Waals surface area contributed by atoms with Gasteiger partial charge in [0.2, 0.25) is 0 Å². The molecule has 0 aliphatic carbocycles. The molecule has 5 nitrogen and oxygen atoms in total. The number of anilines is 2. The molecule has 0 fully saturated rings. The first kappa shape index (κ1) is 14.2. The average molecular weight is 271 g/mol. The highest BCUT2D eigenvalue weighted by Gasteiger charge is 2.12. The van der Waals surface area contributed by atoms with Gasteiger partial charge in [0.05, 0.1) is 0 Å². The van der Waals surface area contributed by atoms with E-state index in [2.05, 4.69) is 39.1 Å². The number of hydrogen-bond donors (Lipinski definition) is 1. The van der Waals surface area contributed by atoms with Gasteiger partial charge in [-0.2, -0.15) is 0 Å². The van der Waals surface area contributed by atoms with Crippen LogP contribution in [0.3, 0.4) is 0 Å². The van der Waals surface area contributed by atoms with Gasteiger partial charge in [-0.25, -0.2) is 9.97 Å². The van der Waals surface area contributed by atoms with Crippen LogP contribution >= 0.6 is 0 Å². The molecule has 0 aromatic carbocycles. The zero-order valence-electron chi connectivity index (χ0n) is 12.3. The fourth-order valence-corrected chi connectivity index (χ4v) is 2.23. The van der Waals surface area contributed by atoms with Crippen LogP contribution < -0.4 is 10.2 Å². The number of likely N-dealkylation sites (N-methyl/N-ethyl adjacent to an activating group) is 1. The van der Waals surface area contributed by atoms with Gasteiger partial charge in [-0.3, -0.25) is 4.98 Å². The highest BCUT2D eigenvalue weighted by atomic mass is 15.2. The van der Waals surface area contributed by atoms with Crippen molar-refractivity contribution in [2.24, 2.45) is 0 Å². The molecule has 0 aliphatic rings. The Morgan fingerprint density at radius 2 is 1.95 bits per heavy atom. The molecule has 2 heterocycles. The Hall–Kier alpha value is -2.17. The Balaban J connectivity index is 2.11. The quantitative estimate of drug-likeness (QED) is 0.872. The fraction of sp³-hybridized carbons (Fsp3) is 0.400. The third-order valence-corrected chi connectivity index (χ3v) is 3.36. The molecule has 0 saturated carbocycles. The van der Waals surface area contributed by atoms with E-state index in [4.69, 9.17) is 0 Å². The van der Waals surface area contributed by atoms with Gasteiger partial charge in [0, 0.05) is 38.6 Å². The maximum Gasteiger partial charge on any atom is 0.137 e. The van der Waals surface area contributed by atoms with Crippen molar-refractivity contribution in [2.45, 2.75) is 19.8 Å². The molecule has 20 heavy (non-hydrogen) atoms. The summed E-state index contributed by atoms with van der Waals surface area (Å²) in [6.07, 6.45) is 7.16. The minimum absolute atomic E-state index is 0.909. The summed E-state index contributed by atoms with van der Waals surface area (Å²) in [5.41, 5.74) is 2.44. The van der Waals surface area contributed by atoms with E-state index in [0.29, 0.717) is 0 Å². The van der Waals surface area contributed by atoms with E-state index in [0.717, 1.165) is 36.6 Å². The van der Waals surface area contributed by atoms with Gasteiger partial charge in [-0.05, 0) is 30.5 Å². The minimum Gasteiger partial charge on any atom is -0.373 e. The minimum atomic E-state index is 0.909. The van der Waals surface area contributed by atoms with Gasteiger partial charge >= 0.3 is 0 Å². The molecule has 0 radical (unpaired) electrons. The second-order valence-electron chi connectivity index (χ2n) is 4.66. The third-order valence-electron chi connectivity index (χ3n) is 3.36. The lowest BCUT2D eigenvalue weighted by atomic mass is 10.1. The van der Waals surface area contributed by atoms with Crippen LogP contribution in [-0.4, -0.2) is 35.6 Å². The van der Waals surface area contributed by atoms with Gasteiger partial charge < -0.3 is 10.2 Å². The number of nitrogens with zero attached hydrogens (tertiary/aromatic N) is 4. The number of aromatic nitrogens is 3. The van der Waals surface area contributed by atoms with Gasteiger partial charge in [-0.15, -0.1) is 0 Å². The Morgan fingerprint density at radius 3 is 2.60 bits per heavy atom. The Kier molecular flexibility index (Phi) is 4.87. The first-order valence-corrected chi connectivity index (χ1v) is 6.88. The molecule has 1 N–H and O–H groups in total. The number of pyridine rings is 1. The lowest BCUT2D eigenvalue weighted by Crippen LogP contribution is -2.23. The molecule has 0 atom stereocenters. The van der Waals surface area contributed by atoms with E-state index >= 15 is 0 Å². The number of nitrogens with one attached hydrogen (secondary N) is 1. The average Bonchev–Trinajstić information content (AvgIpc) is 2.52. The third kappa shape index (κ3) is 3.23. The molecule has 0 spiro atoms. The molecule has 0 unspecified atom stereocenters. The van der Waals surface area contributed by atoms with Crippen molar-refractivity contribution in [3.8, 4) is 0 Å². The summed E-state index contributed by atoms with van der Waals surface area (Å²) in [5, 5.41) is 3.13. The van der Waals surface area contributed by atoms with Crippen LogP contribution in [0.25, 0.3) is 0 Å². The molecule has 0 saturated heterocycles. The maximum absolute atomic E-state index is 4.43. The zero-order valence-corrected chi connectivity index (χ0v) is 12.3. The van der Waals surface area contributed by atoms with Crippen LogP contribution in [0, 0.1) is 0 Å². The van der Waals surface area contributed by atoms with Crippen molar-refractivity contribution in [2.75, 3.05) is 30.9 Å². The van der Waals surface area contributed by atoms with Gasteiger partial charge in [0.25, 0.3) is 0 Å². The van der Waals surface area contributed by atoms with E-state index in [9.17, 15) is 0 Å². The van der Waals surface area contributed by atoms with Crippen LogP contribution in [0.5, 0.6) is 0 Å². The monoisotopic (exact) mass is 271 g/mol. The summed E-state index contributed by atoms with van der Waals surface area (Å²) in [4.78, 5) is 14.9. The van der Waals surface area contributed by atoms with Crippen LogP contribution in [0.2, 0.25) is 0 Å². The van der Waals surface area contributed by atoms with Gasteiger partial charge in [0.15, 0.2) is 0 Å². The highest BCUT2D eigenvalue weighted by Crippen LogP contribution is 2.22. The zero-order chi connectivity index (χ0) is 14.4. The number of hydrogen-bond acceptors (Lipinski definition) is 5. The first-order chi connectivity index (χ1) is 9.76. The van der Waals surface area contributed by atoms with Crippen molar-refractivity contribution in [3.05, 3.63) is 42.0 Å². The predicted octanol–water partition coefficient (Wildman–Crippen LogP) is 2.15. The predicted molar refractivity (Wildman–Crippen MR) is 82.2 cm³/mol. The lowest BCUT2D eigenvalue weighted by molar-refractivity contribution is 0.842. The number of rotatable bonds is 6. The molecular formula is C15H21N5. The van der Waals surface area contributed by atoms with Crippen molar-refractivity contribution >= 4 is 11.6 Å². The van der Waals surface area contributed by atoms with E-state index in [-0.39, 0.29) is 0 Å². The SMILES string of the molecule is CCc1c(NC)ncnc1N(C)CCc1ccncc1. The van der Waals surface area contributed by atoms with Crippen LogP contribution in [-0.2, 0) is 12.8 Å². The second kappa shape index (κ2) is 6.84. The van der Waals surface area contributed by atoms with E-state index in [1.165, 1.54) is 5.56 Å². The fourth-order valence-electron chi connectivity index (χ4n) is 2.23. The summed E-state index contributed by atoms with van der Waals surface area (Å²) in [7, 11) is 3.96. The Bertz CT molecular complexity index is 541. The second-order valence-corrected chi connectivity index (χ2v) is 4.66. The standard InChI is InChI=1S/C15H21N5/c1-4-13-14(16-2)18-11-19-15(13)20(3)10-7-12-5-8-17-9-6-12/h5-6,8-9,11H,4,7,10H2,1-3H3,(H,16,18,19). The molecule has 106 valence electrons. The first-order valence-electron chi connectivity index (χ1n) is 6.88. The molecule has 0 bridgehead atoms. The smallest absolute Gasteiger partial charge is 0.137 e. The Morgan fingerprint density at radius 1 is 1.20 bits per heavy atom. The molecule has 0 amide bonds. The summed E-state index contributed by atoms with van der Waals surface area (Å²) in [6.45, 7) is 3.04. The summed E-state index contributed by atoms with van der Waals surface area (Å²) < 4.78 is 0. The van der Waals surface area contributed by atoms with E-state index < -0.39 is 0 Å². The van der Waals surface area contributed by atoms with Crippen LogP contribution in [0.1, 0.15) is 18.1 Å². The summed E-state index contributed by atoms with van der Waals surface area (Å²) >= 11 is 0. The molecule has 0 aliphatic heterocycles. The van der Waals surface area contributed by atoms with Gasteiger partial charge in [-0.1, -0.05) is 6.92 Å². The molecule has 2 aromatic heterocycles. The van der Waals surface area contributed by atoms with Crippen molar-refractivity contribution in [1.82, 2.24) is 15.0 Å². The summed E-state index contributed by atoms with van der Waals surface area (Å²) in [5.74, 6) is 1.91. The van der Waals surface area contributed by atoms with E-state index in [1.807, 2.05) is 31.6 Å².